The number of thioether (sulfide) groups is 1. The first-order valence-electron chi connectivity index (χ1n) is 14.3. The predicted molar refractivity (Wildman–Crippen MR) is 177 cm³/mol. The van der Waals surface area contributed by atoms with Crippen LogP contribution in [-0.2, 0) is 23.4 Å². The summed E-state index contributed by atoms with van der Waals surface area (Å²) in [6.45, 7) is -2.80. The number of carbonyl (C=O) groups is 2. The largest absolute Gasteiger partial charge is 0.530 e. The molecule has 0 saturated carbocycles. The van der Waals surface area contributed by atoms with Crippen LogP contribution in [0.4, 0.5) is 0 Å². The third-order valence-corrected chi connectivity index (χ3v) is 9.60. The molecule has 3 atom stereocenters. The van der Waals surface area contributed by atoms with Crippen molar-refractivity contribution in [2.24, 2.45) is 4.99 Å². The van der Waals surface area contributed by atoms with Crippen molar-refractivity contribution in [1.29, 1.82) is 0 Å². The lowest BCUT2D eigenvalue weighted by Crippen LogP contribution is -2.61. The van der Waals surface area contributed by atoms with E-state index in [1.54, 1.807) is 30.3 Å². The Kier molecular flexibility index (Phi) is 9.49. The molecule has 1 fully saturated rings. The average Bonchev–Trinajstić information content (AvgIpc) is 3.45. The second kappa shape index (κ2) is 13.9. The van der Waals surface area contributed by atoms with E-state index in [-0.39, 0.29) is 23.8 Å². The summed E-state index contributed by atoms with van der Waals surface area (Å²) in [5, 5.41) is 0.00231. The molecule has 6 rings (SSSR count). The van der Waals surface area contributed by atoms with Gasteiger partial charge >= 0.3 is 12.9 Å². The molecule has 0 spiro atoms. The van der Waals surface area contributed by atoms with Crippen molar-refractivity contribution in [3.8, 4) is 11.5 Å². The zero-order valence-electron chi connectivity index (χ0n) is 24.5. The summed E-state index contributed by atoms with van der Waals surface area (Å²) >= 11 is 7.51. The van der Waals surface area contributed by atoms with E-state index in [2.05, 4.69) is 4.99 Å². The monoisotopic (exact) mass is 674 g/mol. The number of aliphatic imine (C=N–C) groups is 1. The van der Waals surface area contributed by atoms with Crippen molar-refractivity contribution >= 4 is 46.9 Å². The number of halogens is 1. The molecule has 2 heterocycles. The molecule has 0 N–H and O–H groups in total. The number of nitrogens with zero attached hydrogens (tertiary/aromatic N) is 2. The minimum Gasteiger partial charge on any atom is -0.487 e. The molecule has 0 aromatic heterocycles. The summed E-state index contributed by atoms with van der Waals surface area (Å²) < 4.78 is 36.3. The Labute approximate surface area is 275 Å². The Balaban J connectivity index is 1.29. The normalized spacial score (nSPS) is 18.8. The number of fused-ring (bicyclic) bond motifs is 1. The third kappa shape index (κ3) is 7.15. The van der Waals surface area contributed by atoms with Crippen LogP contribution in [0, 0.1) is 0 Å². The highest BCUT2D eigenvalue weighted by molar-refractivity contribution is 8.15. The van der Waals surface area contributed by atoms with Gasteiger partial charge in [-0.05, 0) is 42.3 Å². The van der Waals surface area contributed by atoms with Crippen molar-refractivity contribution < 1.29 is 32.7 Å². The van der Waals surface area contributed by atoms with Gasteiger partial charge in [-0.2, -0.15) is 0 Å². The van der Waals surface area contributed by atoms with E-state index in [9.17, 15) is 14.2 Å². The van der Waals surface area contributed by atoms with Crippen LogP contribution in [0.1, 0.15) is 24.2 Å². The minimum atomic E-state index is -4.33. The second-order valence-electron chi connectivity index (χ2n) is 10.2. The van der Waals surface area contributed by atoms with Crippen LogP contribution in [-0.4, -0.2) is 39.8 Å². The van der Waals surface area contributed by atoms with Crippen LogP contribution in [0.2, 0.25) is 0 Å². The van der Waals surface area contributed by atoms with E-state index >= 15 is 0 Å². The zero-order valence-corrected chi connectivity index (χ0v) is 26.9. The molecule has 2 aliphatic heterocycles. The van der Waals surface area contributed by atoms with Gasteiger partial charge in [0.2, 0.25) is 0 Å². The fraction of sp³-hybridized carbons (Fsp3) is 0.147. The topological polar surface area (TPSA) is 104 Å². The van der Waals surface area contributed by atoms with Crippen molar-refractivity contribution in [3.05, 3.63) is 144 Å². The number of allylic oxidation sites excluding steroid dienone is 1. The predicted octanol–water partition coefficient (Wildman–Crippen LogP) is 7.75. The van der Waals surface area contributed by atoms with Crippen molar-refractivity contribution in [2.45, 2.75) is 24.4 Å². The molecule has 46 heavy (non-hydrogen) atoms. The Morgan fingerprint density at radius 3 is 1.96 bits per heavy atom. The van der Waals surface area contributed by atoms with Gasteiger partial charge < -0.3 is 18.5 Å². The van der Waals surface area contributed by atoms with E-state index in [1.165, 1.54) is 23.6 Å². The van der Waals surface area contributed by atoms with E-state index < -0.39 is 36.3 Å². The fourth-order valence-electron chi connectivity index (χ4n) is 4.97. The number of likely N-dealkylation sites (tertiary alicyclic amines) is 1. The number of hydrogen-bond donors (Lipinski definition) is 0. The van der Waals surface area contributed by atoms with Gasteiger partial charge in [0.25, 0.3) is 5.91 Å². The van der Waals surface area contributed by atoms with Crippen molar-refractivity contribution in [2.75, 3.05) is 6.61 Å². The van der Waals surface area contributed by atoms with Crippen LogP contribution >= 0.6 is 30.0 Å². The van der Waals surface area contributed by atoms with Gasteiger partial charge in [-0.1, -0.05) is 109 Å². The van der Waals surface area contributed by atoms with Crippen molar-refractivity contribution in [1.82, 2.24) is 4.90 Å². The number of rotatable bonds is 12. The van der Waals surface area contributed by atoms with Gasteiger partial charge in [-0.3, -0.25) is 14.7 Å². The molecule has 4 aromatic rings. The molecule has 0 radical (unpaired) electrons. The number of esters is 1. The lowest BCUT2D eigenvalue weighted by atomic mass is 10.0. The molecular weight excluding hydrogens is 647 g/mol. The quantitative estimate of drug-likeness (QED) is 0.0494. The van der Waals surface area contributed by atoms with Crippen LogP contribution < -0.4 is 9.26 Å². The third-order valence-electron chi connectivity index (χ3n) is 7.06. The maximum absolute atomic E-state index is 14.1. The van der Waals surface area contributed by atoms with Crippen LogP contribution in [0.5, 0.6) is 11.5 Å². The van der Waals surface area contributed by atoms with E-state index in [1.807, 2.05) is 91.0 Å². The number of carbonyl (C=O) groups excluding carboxylic acids is 2. The molecule has 0 bridgehead atoms. The molecule has 2 aliphatic rings. The number of para-hydroxylation sites is 2. The lowest BCUT2D eigenvalue weighted by Gasteiger charge is -2.42. The van der Waals surface area contributed by atoms with E-state index in [0.29, 0.717) is 21.9 Å². The van der Waals surface area contributed by atoms with Crippen LogP contribution in [0.3, 0.4) is 0 Å². The molecule has 0 aliphatic carbocycles. The summed E-state index contributed by atoms with van der Waals surface area (Å²) in [5.74, 6) is -0.681. The van der Waals surface area contributed by atoms with Gasteiger partial charge in [-0.15, -0.1) is 0 Å². The molecule has 9 nitrogen and oxygen atoms in total. The smallest absolute Gasteiger partial charge is 0.487 e. The van der Waals surface area contributed by atoms with Gasteiger partial charge in [0.15, 0.2) is 17.8 Å². The molecule has 234 valence electrons. The van der Waals surface area contributed by atoms with Gasteiger partial charge in [-0.25, -0.2) is 9.36 Å². The number of hydrogen-bond acceptors (Lipinski definition) is 9. The summed E-state index contributed by atoms with van der Waals surface area (Å²) in [4.78, 5) is 33.5. The first-order valence-corrected chi connectivity index (χ1v) is 17.6. The molecule has 4 aromatic carbocycles. The van der Waals surface area contributed by atoms with Crippen LogP contribution in [0.15, 0.2) is 138 Å². The summed E-state index contributed by atoms with van der Waals surface area (Å²) in [6, 6.07) is 35.2. The van der Waals surface area contributed by atoms with Crippen molar-refractivity contribution in [3.63, 3.8) is 0 Å². The Hall–Kier alpha value is -4.50. The highest BCUT2D eigenvalue weighted by Crippen LogP contribution is 2.56. The summed E-state index contributed by atoms with van der Waals surface area (Å²) in [6.07, 6.45) is -0.824. The van der Waals surface area contributed by atoms with Crippen LogP contribution in [0.25, 0.3) is 0 Å². The van der Waals surface area contributed by atoms with E-state index in [0.717, 1.165) is 0 Å². The molecule has 1 amide bonds. The molecule has 3 unspecified atom stereocenters. The van der Waals surface area contributed by atoms with Gasteiger partial charge in [0.05, 0.1) is 0 Å². The maximum Gasteiger partial charge on any atom is 0.530 e. The average molecular weight is 675 g/mol. The molecule has 1 saturated heterocycles. The fourth-order valence-corrected chi connectivity index (χ4v) is 7.55. The SMILES string of the molecule is CC(OP(=O)(Cl)Oc1ccccc1)=C(C(=O)OC(c1ccccc1)c1ccccc1)N1C(=O)C2N=C(COc3ccccc3)SC21. The highest BCUT2D eigenvalue weighted by atomic mass is 35.7. The maximum atomic E-state index is 14.1. The Morgan fingerprint density at radius 2 is 1.39 bits per heavy atom. The van der Waals surface area contributed by atoms with Gasteiger partial charge in [0, 0.05) is 11.2 Å². The lowest BCUT2D eigenvalue weighted by molar-refractivity contribution is -0.153. The number of ether oxygens (including phenoxy) is 2. The number of benzene rings is 4. The number of amides is 1. The van der Waals surface area contributed by atoms with Gasteiger partial charge in [0.1, 0.15) is 34.3 Å². The minimum absolute atomic E-state index is 0.146. The second-order valence-corrected chi connectivity index (χ2v) is 13.9. The Morgan fingerprint density at radius 1 is 0.870 bits per heavy atom. The standard InChI is InChI=1S/C34H28ClN2O7PS/c1-23(43-45(35,40)44-27-20-12-5-13-21-27)30(34(39)42-31(24-14-6-2-7-15-24)25-16-8-3-9-17-25)37-32(38)29-33(37)46-28(36-29)22-41-26-18-10-4-11-19-26/h2-21,29,31,33H,22H2,1H3. The number of β-lactam (4-membered cyclic amide) rings is 1. The van der Waals surface area contributed by atoms with E-state index in [4.69, 9.17) is 29.8 Å². The first kappa shape index (κ1) is 31.5. The molecular formula is C34H28ClN2O7PS. The Bertz CT molecular complexity index is 1770. The summed E-state index contributed by atoms with van der Waals surface area (Å²) in [7, 11) is 0. The summed E-state index contributed by atoms with van der Waals surface area (Å²) in [5.41, 5.74) is 1.16. The zero-order chi connectivity index (χ0) is 32.1. The first-order chi connectivity index (χ1) is 22.3. The highest BCUT2D eigenvalue weighted by Gasteiger charge is 2.56. The molecule has 12 heteroatoms.